The number of rotatable bonds is 6. The zero-order valence-corrected chi connectivity index (χ0v) is 24.8. The zero-order valence-electron chi connectivity index (χ0n) is 24.8. The van der Waals surface area contributed by atoms with E-state index in [9.17, 15) is 0 Å². The molecule has 204 valence electrons. The van der Waals surface area contributed by atoms with Gasteiger partial charge in [0.25, 0.3) is 0 Å². The summed E-state index contributed by atoms with van der Waals surface area (Å²) in [6.07, 6.45) is 29.0. The minimum absolute atomic E-state index is 1.01. The quantitative estimate of drug-likeness (QED) is 0.351. The first kappa shape index (κ1) is 28.0. The second-order valence-corrected chi connectivity index (χ2v) is 14.9. The van der Waals surface area contributed by atoms with Crippen molar-refractivity contribution in [2.45, 2.75) is 157 Å². The van der Waals surface area contributed by atoms with Crippen LogP contribution in [0.2, 0.25) is 0 Å². The minimum atomic E-state index is 1.01. The van der Waals surface area contributed by atoms with Gasteiger partial charge in [0, 0.05) is 0 Å². The SMILES string of the molecule is CCC1CCCC(C2CCC(C)C2)C1.CCCCC1C(C)CC2CCCC2C1C1CCC(C)CC1. The summed E-state index contributed by atoms with van der Waals surface area (Å²) >= 11 is 0. The Labute approximate surface area is 221 Å². The van der Waals surface area contributed by atoms with Crippen LogP contribution >= 0.6 is 0 Å². The average molecular weight is 485 g/mol. The van der Waals surface area contributed by atoms with Crippen molar-refractivity contribution in [2.75, 3.05) is 0 Å². The molecule has 0 N–H and O–H groups in total. The molecule has 35 heavy (non-hydrogen) atoms. The fraction of sp³-hybridized carbons (Fsp3) is 1.00. The predicted molar refractivity (Wildman–Crippen MR) is 154 cm³/mol. The van der Waals surface area contributed by atoms with Crippen molar-refractivity contribution in [3.63, 3.8) is 0 Å². The third-order valence-corrected chi connectivity index (χ3v) is 12.4. The Bertz CT molecular complexity index is 585. The van der Waals surface area contributed by atoms with Crippen LogP contribution in [0.5, 0.6) is 0 Å². The van der Waals surface area contributed by atoms with Gasteiger partial charge in [-0.2, -0.15) is 0 Å². The summed E-state index contributed by atoms with van der Waals surface area (Å²) in [5, 5.41) is 0. The van der Waals surface area contributed by atoms with Gasteiger partial charge in [-0.15, -0.1) is 0 Å². The smallest absolute Gasteiger partial charge is 0.0324 e. The highest BCUT2D eigenvalue weighted by molar-refractivity contribution is 4.97. The first-order chi connectivity index (χ1) is 17.0. The summed E-state index contributed by atoms with van der Waals surface area (Å²) in [7, 11) is 0. The van der Waals surface area contributed by atoms with Gasteiger partial charge in [0.15, 0.2) is 0 Å². The lowest BCUT2D eigenvalue weighted by Gasteiger charge is -2.49. The van der Waals surface area contributed by atoms with Crippen LogP contribution in [0.25, 0.3) is 0 Å². The Morgan fingerprint density at radius 2 is 1.23 bits per heavy atom. The van der Waals surface area contributed by atoms with E-state index in [1.807, 2.05) is 0 Å². The van der Waals surface area contributed by atoms with Crippen LogP contribution < -0.4 is 0 Å². The molecule has 0 amide bonds. The Balaban J connectivity index is 0.000000179. The molecule has 0 heterocycles. The highest BCUT2D eigenvalue weighted by Gasteiger charge is 2.47. The van der Waals surface area contributed by atoms with Crippen LogP contribution in [-0.4, -0.2) is 0 Å². The second-order valence-electron chi connectivity index (χ2n) is 14.9. The maximum absolute atomic E-state index is 2.60. The summed E-state index contributed by atoms with van der Waals surface area (Å²) < 4.78 is 0. The summed E-state index contributed by atoms with van der Waals surface area (Å²) in [5.41, 5.74) is 0. The molecule has 5 aliphatic rings. The molecule has 0 aromatic heterocycles. The molecule has 0 nitrogen and oxygen atoms in total. The van der Waals surface area contributed by atoms with Crippen molar-refractivity contribution < 1.29 is 0 Å². The van der Waals surface area contributed by atoms with Crippen molar-refractivity contribution in [1.29, 1.82) is 0 Å². The van der Waals surface area contributed by atoms with Gasteiger partial charge in [-0.1, -0.05) is 105 Å². The van der Waals surface area contributed by atoms with Gasteiger partial charge in [0.2, 0.25) is 0 Å². The van der Waals surface area contributed by atoms with Crippen molar-refractivity contribution in [1.82, 2.24) is 0 Å². The molecule has 9 atom stereocenters. The minimum Gasteiger partial charge on any atom is -0.0654 e. The number of unbranched alkanes of at least 4 members (excludes halogenated alkanes) is 1. The van der Waals surface area contributed by atoms with Gasteiger partial charge >= 0.3 is 0 Å². The lowest BCUT2D eigenvalue weighted by Crippen LogP contribution is -2.42. The molecular weight excluding hydrogens is 420 g/mol. The van der Waals surface area contributed by atoms with E-state index in [0.29, 0.717) is 0 Å². The standard InChI is InChI=1S/C21H38.C14H26/c1-4-5-8-19-16(3)14-18-7-6-9-20(18)21(19)17-12-10-15(2)11-13-17;1-3-12-5-4-6-13(10-12)14-8-7-11(2)9-14/h15-21H,4-14H2,1-3H3;11-14H,3-10H2,1-2H3. The van der Waals surface area contributed by atoms with Crippen molar-refractivity contribution in [3.05, 3.63) is 0 Å². The van der Waals surface area contributed by atoms with Crippen molar-refractivity contribution in [3.8, 4) is 0 Å². The van der Waals surface area contributed by atoms with Crippen LogP contribution in [-0.2, 0) is 0 Å². The van der Waals surface area contributed by atoms with Gasteiger partial charge in [0.1, 0.15) is 0 Å². The van der Waals surface area contributed by atoms with E-state index in [1.165, 1.54) is 57.8 Å². The molecule has 9 unspecified atom stereocenters. The highest BCUT2D eigenvalue weighted by Crippen LogP contribution is 2.56. The van der Waals surface area contributed by atoms with E-state index < -0.39 is 0 Å². The number of hydrogen-bond donors (Lipinski definition) is 0. The molecule has 0 radical (unpaired) electrons. The Morgan fingerprint density at radius 3 is 1.91 bits per heavy atom. The van der Waals surface area contributed by atoms with E-state index >= 15 is 0 Å². The average Bonchev–Trinajstić information content (AvgIpc) is 3.52. The monoisotopic (exact) mass is 485 g/mol. The lowest BCUT2D eigenvalue weighted by atomic mass is 9.56. The molecule has 5 rings (SSSR count). The molecule has 0 spiro atoms. The largest absolute Gasteiger partial charge is 0.0654 e. The first-order valence-corrected chi connectivity index (χ1v) is 17.0. The fourth-order valence-electron chi connectivity index (χ4n) is 10.3. The highest BCUT2D eigenvalue weighted by atomic mass is 14.5. The molecule has 0 saturated heterocycles. The third-order valence-electron chi connectivity index (χ3n) is 12.4. The molecule has 5 aliphatic carbocycles. The number of fused-ring (bicyclic) bond motifs is 1. The Morgan fingerprint density at radius 1 is 0.571 bits per heavy atom. The van der Waals surface area contributed by atoms with Gasteiger partial charge in [0.05, 0.1) is 0 Å². The van der Waals surface area contributed by atoms with E-state index in [-0.39, 0.29) is 0 Å². The molecule has 0 heteroatoms. The topological polar surface area (TPSA) is 0 Å². The van der Waals surface area contributed by atoms with Crippen LogP contribution in [0.4, 0.5) is 0 Å². The van der Waals surface area contributed by atoms with Crippen molar-refractivity contribution >= 4 is 0 Å². The van der Waals surface area contributed by atoms with E-state index in [0.717, 1.165) is 65.1 Å². The summed E-state index contributed by atoms with van der Waals surface area (Å²) in [6, 6.07) is 0. The van der Waals surface area contributed by atoms with Crippen LogP contribution in [0, 0.1) is 65.1 Å². The Hall–Kier alpha value is 0. The predicted octanol–water partition coefficient (Wildman–Crippen LogP) is 11.3. The van der Waals surface area contributed by atoms with Crippen LogP contribution in [0.3, 0.4) is 0 Å². The normalized spacial score (nSPS) is 46.0. The van der Waals surface area contributed by atoms with E-state index in [2.05, 4.69) is 34.6 Å². The van der Waals surface area contributed by atoms with Crippen LogP contribution in [0.1, 0.15) is 157 Å². The Kier molecular flexibility index (Phi) is 11.0. The molecule has 5 saturated carbocycles. The second kappa shape index (κ2) is 13.7. The van der Waals surface area contributed by atoms with Gasteiger partial charge < -0.3 is 0 Å². The van der Waals surface area contributed by atoms with Gasteiger partial charge in [-0.25, -0.2) is 0 Å². The van der Waals surface area contributed by atoms with E-state index in [4.69, 9.17) is 0 Å². The maximum atomic E-state index is 2.60. The van der Waals surface area contributed by atoms with Gasteiger partial charge in [-0.3, -0.25) is 0 Å². The molecule has 0 bridgehead atoms. The van der Waals surface area contributed by atoms with Crippen molar-refractivity contribution in [2.24, 2.45) is 65.1 Å². The molecular formula is C35H64. The zero-order chi connectivity index (χ0) is 24.8. The maximum Gasteiger partial charge on any atom is -0.0324 e. The molecule has 0 aliphatic heterocycles. The van der Waals surface area contributed by atoms with Gasteiger partial charge in [-0.05, 0) is 116 Å². The summed E-state index contributed by atoms with van der Waals surface area (Å²) in [6.45, 7) is 12.3. The number of hydrogen-bond acceptors (Lipinski definition) is 0. The molecule has 0 aromatic carbocycles. The summed E-state index contributed by atoms with van der Waals surface area (Å²) in [5.74, 6) is 11.9. The van der Waals surface area contributed by atoms with E-state index in [1.54, 1.807) is 64.2 Å². The molecule has 5 fully saturated rings. The molecule has 0 aromatic rings. The fourth-order valence-corrected chi connectivity index (χ4v) is 10.3. The van der Waals surface area contributed by atoms with Crippen LogP contribution in [0.15, 0.2) is 0 Å². The first-order valence-electron chi connectivity index (χ1n) is 17.0. The lowest BCUT2D eigenvalue weighted by molar-refractivity contribution is -0.00156. The summed E-state index contributed by atoms with van der Waals surface area (Å²) in [4.78, 5) is 0. The third kappa shape index (κ3) is 7.31.